The van der Waals surface area contributed by atoms with E-state index >= 15 is 0 Å². The predicted molar refractivity (Wildman–Crippen MR) is 67.8 cm³/mol. The molecule has 2 aromatic rings. The molecule has 0 saturated carbocycles. The summed E-state index contributed by atoms with van der Waals surface area (Å²) in [6.45, 7) is 0. The van der Waals surface area contributed by atoms with Crippen LogP contribution >= 0.6 is 0 Å². The molecular formula is C13H11N5O. The van der Waals surface area contributed by atoms with E-state index < -0.39 is 0 Å². The van der Waals surface area contributed by atoms with Gasteiger partial charge in [-0.2, -0.15) is 10.2 Å². The smallest absolute Gasteiger partial charge is 0.240 e. The largest absolute Gasteiger partial charge is 0.273 e. The van der Waals surface area contributed by atoms with Crippen molar-refractivity contribution in [2.75, 3.05) is 0 Å². The van der Waals surface area contributed by atoms with E-state index in [1.165, 1.54) is 11.9 Å². The SMILES string of the molecule is O=C1CC2Cc3cc(-n4cncn4)ccc3C2=NN1. The first kappa shape index (κ1) is 10.4. The van der Waals surface area contributed by atoms with E-state index in [2.05, 4.69) is 26.7 Å². The lowest BCUT2D eigenvalue weighted by Crippen LogP contribution is -2.31. The molecule has 6 nitrogen and oxygen atoms in total. The number of aromatic nitrogens is 3. The molecule has 1 aliphatic carbocycles. The minimum absolute atomic E-state index is 0.00180. The molecular weight excluding hydrogens is 242 g/mol. The molecule has 1 aromatic heterocycles. The van der Waals surface area contributed by atoms with E-state index in [0.717, 1.165) is 23.4 Å². The monoisotopic (exact) mass is 253 g/mol. The summed E-state index contributed by atoms with van der Waals surface area (Å²) in [6, 6.07) is 6.13. The van der Waals surface area contributed by atoms with Gasteiger partial charge in [-0.1, -0.05) is 6.07 Å². The maximum absolute atomic E-state index is 11.4. The van der Waals surface area contributed by atoms with Crippen molar-refractivity contribution in [2.45, 2.75) is 12.8 Å². The Morgan fingerprint density at radius 1 is 1.32 bits per heavy atom. The molecule has 0 saturated heterocycles. The Morgan fingerprint density at radius 3 is 3.11 bits per heavy atom. The predicted octanol–water partition coefficient (Wildman–Crippen LogP) is 0.664. The number of fused-ring (bicyclic) bond motifs is 3. The number of carbonyl (C=O) groups excluding carboxylic acids is 1. The fourth-order valence-corrected chi connectivity index (χ4v) is 2.78. The highest BCUT2D eigenvalue weighted by atomic mass is 16.2. The first-order valence-corrected chi connectivity index (χ1v) is 6.16. The minimum atomic E-state index is -0.00180. The van der Waals surface area contributed by atoms with Crippen molar-refractivity contribution in [3.8, 4) is 5.69 Å². The van der Waals surface area contributed by atoms with E-state index in [0.29, 0.717) is 6.42 Å². The van der Waals surface area contributed by atoms with Crippen molar-refractivity contribution in [3.63, 3.8) is 0 Å². The van der Waals surface area contributed by atoms with Gasteiger partial charge in [-0.05, 0) is 24.1 Å². The second-order valence-electron chi connectivity index (χ2n) is 4.82. The zero-order valence-corrected chi connectivity index (χ0v) is 10.1. The number of hydrogen-bond acceptors (Lipinski definition) is 4. The van der Waals surface area contributed by atoms with Gasteiger partial charge in [0.05, 0.1) is 11.4 Å². The third-order valence-corrected chi connectivity index (χ3v) is 3.63. The fraction of sp³-hybridized carbons (Fsp3) is 0.231. The standard InChI is InChI=1S/C13H11N5O/c19-12-5-9-3-8-4-10(18-7-14-6-15-18)1-2-11(8)13(9)17-16-12/h1-2,4,6-7,9H,3,5H2,(H,16,19). The first-order chi connectivity index (χ1) is 9.31. The van der Waals surface area contributed by atoms with Crippen LogP contribution < -0.4 is 5.43 Å². The molecule has 1 aliphatic heterocycles. The molecule has 0 radical (unpaired) electrons. The van der Waals surface area contributed by atoms with Crippen LogP contribution in [0, 0.1) is 5.92 Å². The van der Waals surface area contributed by atoms with Gasteiger partial charge >= 0.3 is 0 Å². The minimum Gasteiger partial charge on any atom is -0.273 e. The van der Waals surface area contributed by atoms with Crippen LogP contribution in [-0.2, 0) is 11.2 Å². The average Bonchev–Trinajstić information content (AvgIpc) is 3.04. The maximum Gasteiger partial charge on any atom is 0.240 e. The molecule has 4 rings (SSSR count). The normalized spacial score (nSPS) is 20.5. The van der Waals surface area contributed by atoms with Gasteiger partial charge in [0.2, 0.25) is 5.91 Å². The van der Waals surface area contributed by atoms with Gasteiger partial charge in [0.15, 0.2) is 0 Å². The molecule has 2 heterocycles. The summed E-state index contributed by atoms with van der Waals surface area (Å²) in [7, 11) is 0. The number of hydrazone groups is 1. The third kappa shape index (κ3) is 1.56. The zero-order valence-electron chi connectivity index (χ0n) is 10.1. The van der Waals surface area contributed by atoms with Gasteiger partial charge in [-0.15, -0.1) is 0 Å². The number of rotatable bonds is 1. The lowest BCUT2D eigenvalue weighted by molar-refractivity contribution is -0.121. The maximum atomic E-state index is 11.4. The molecule has 19 heavy (non-hydrogen) atoms. The van der Waals surface area contributed by atoms with Crippen molar-refractivity contribution < 1.29 is 4.79 Å². The van der Waals surface area contributed by atoms with Gasteiger partial charge in [-0.3, -0.25) is 4.79 Å². The molecule has 1 aromatic carbocycles. The highest BCUT2D eigenvalue weighted by Crippen LogP contribution is 2.32. The third-order valence-electron chi connectivity index (χ3n) is 3.63. The van der Waals surface area contributed by atoms with Crippen molar-refractivity contribution >= 4 is 11.6 Å². The summed E-state index contributed by atoms with van der Waals surface area (Å²) >= 11 is 0. The van der Waals surface area contributed by atoms with Crippen LogP contribution in [-0.4, -0.2) is 26.4 Å². The van der Waals surface area contributed by atoms with Crippen molar-refractivity contribution in [2.24, 2.45) is 11.0 Å². The Hall–Kier alpha value is -2.50. The Morgan fingerprint density at radius 2 is 2.26 bits per heavy atom. The van der Waals surface area contributed by atoms with E-state index in [1.807, 2.05) is 12.1 Å². The van der Waals surface area contributed by atoms with E-state index in [-0.39, 0.29) is 11.8 Å². The second kappa shape index (κ2) is 3.74. The lowest BCUT2D eigenvalue weighted by Gasteiger charge is -2.15. The summed E-state index contributed by atoms with van der Waals surface area (Å²) in [5.41, 5.74) is 6.89. The summed E-state index contributed by atoms with van der Waals surface area (Å²) in [5, 5.41) is 8.31. The van der Waals surface area contributed by atoms with Crippen LogP contribution in [0.1, 0.15) is 17.5 Å². The van der Waals surface area contributed by atoms with E-state index in [4.69, 9.17) is 0 Å². The fourth-order valence-electron chi connectivity index (χ4n) is 2.78. The molecule has 0 spiro atoms. The van der Waals surface area contributed by atoms with Gasteiger partial charge in [-0.25, -0.2) is 15.1 Å². The number of nitrogens with zero attached hydrogens (tertiary/aromatic N) is 4. The molecule has 2 aliphatic rings. The Labute approximate surface area is 109 Å². The van der Waals surface area contributed by atoms with E-state index in [9.17, 15) is 4.79 Å². The molecule has 1 N–H and O–H groups in total. The molecule has 1 atom stereocenters. The summed E-state index contributed by atoms with van der Waals surface area (Å²) in [5.74, 6) is 0.216. The second-order valence-corrected chi connectivity index (χ2v) is 4.82. The Bertz CT molecular complexity index is 689. The first-order valence-electron chi connectivity index (χ1n) is 6.16. The summed E-state index contributed by atoms with van der Waals surface area (Å²) < 4.78 is 1.73. The van der Waals surface area contributed by atoms with Crippen molar-refractivity contribution in [3.05, 3.63) is 42.0 Å². The van der Waals surface area contributed by atoms with Gasteiger partial charge in [0.1, 0.15) is 12.7 Å². The van der Waals surface area contributed by atoms with Crippen molar-refractivity contribution in [1.82, 2.24) is 20.2 Å². The quantitative estimate of drug-likeness (QED) is 0.811. The van der Waals surface area contributed by atoms with Crippen LogP contribution in [0.3, 0.4) is 0 Å². The lowest BCUT2D eigenvalue weighted by atomic mass is 9.99. The van der Waals surface area contributed by atoms with Gasteiger partial charge < -0.3 is 0 Å². The van der Waals surface area contributed by atoms with Crippen LogP contribution in [0.25, 0.3) is 5.69 Å². The highest BCUT2D eigenvalue weighted by molar-refractivity contribution is 6.09. The molecule has 0 bridgehead atoms. The number of carbonyl (C=O) groups is 1. The molecule has 6 heteroatoms. The number of benzene rings is 1. The number of amides is 1. The van der Waals surface area contributed by atoms with Gasteiger partial charge in [0.25, 0.3) is 0 Å². The Kier molecular flexibility index (Phi) is 2.05. The molecule has 1 unspecified atom stereocenters. The number of hydrogen-bond donors (Lipinski definition) is 1. The summed E-state index contributed by atoms with van der Waals surface area (Å²) in [6.07, 6.45) is 4.57. The van der Waals surface area contributed by atoms with Crippen LogP contribution in [0.15, 0.2) is 36.0 Å². The van der Waals surface area contributed by atoms with Crippen LogP contribution in [0.2, 0.25) is 0 Å². The highest BCUT2D eigenvalue weighted by Gasteiger charge is 2.33. The van der Waals surface area contributed by atoms with Gasteiger partial charge in [0, 0.05) is 17.9 Å². The topological polar surface area (TPSA) is 72.2 Å². The summed E-state index contributed by atoms with van der Waals surface area (Å²) in [4.78, 5) is 15.3. The molecule has 94 valence electrons. The van der Waals surface area contributed by atoms with Crippen molar-refractivity contribution in [1.29, 1.82) is 0 Å². The molecule has 0 fully saturated rings. The molecule has 1 amide bonds. The zero-order chi connectivity index (χ0) is 12.8. The Balaban J connectivity index is 1.77. The van der Waals surface area contributed by atoms with Crippen LogP contribution in [0.5, 0.6) is 0 Å². The van der Waals surface area contributed by atoms with E-state index in [1.54, 1.807) is 11.0 Å². The average molecular weight is 253 g/mol. The van der Waals surface area contributed by atoms with Crippen LogP contribution in [0.4, 0.5) is 0 Å². The number of nitrogens with one attached hydrogen (secondary N) is 1.